The molecule has 1 heterocycles. The van der Waals surface area contributed by atoms with Crippen LogP contribution in [0.1, 0.15) is 56.4 Å². The van der Waals surface area contributed by atoms with Gasteiger partial charge < -0.3 is 20.1 Å². The fraction of sp³-hybridized carbons (Fsp3) is 0.708. The van der Waals surface area contributed by atoms with Gasteiger partial charge in [-0.15, -0.1) is 0 Å². The SMILES string of the molecule is COCC1(CN[C@@H]2C[C@H]2c2ccccc2)CCN(CC2(C(=O)O)CCCC2)CC1. The summed E-state index contributed by atoms with van der Waals surface area (Å²) in [5.74, 6) is 0.0553. The first kappa shape index (κ1) is 20.8. The Hall–Kier alpha value is -1.43. The average molecular weight is 401 g/mol. The van der Waals surface area contributed by atoms with Crippen LogP contribution in [0.4, 0.5) is 0 Å². The van der Waals surface area contributed by atoms with Gasteiger partial charge in [-0.05, 0) is 50.8 Å². The van der Waals surface area contributed by atoms with Crippen molar-refractivity contribution in [2.45, 2.75) is 56.9 Å². The molecule has 1 saturated heterocycles. The van der Waals surface area contributed by atoms with Crippen molar-refractivity contribution in [3.05, 3.63) is 35.9 Å². The fourth-order valence-corrected chi connectivity index (χ4v) is 5.62. The monoisotopic (exact) mass is 400 g/mol. The first-order chi connectivity index (χ1) is 14.1. The van der Waals surface area contributed by atoms with Crippen molar-refractivity contribution in [1.82, 2.24) is 10.2 Å². The summed E-state index contributed by atoms with van der Waals surface area (Å²) in [6, 6.07) is 11.4. The molecule has 2 aliphatic carbocycles. The molecule has 0 aromatic heterocycles. The van der Waals surface area contributed by atoms with E-state index in [1.165, 1.54) is 12.0 Å². The lowest BCUT2D eigenvalue weighted by atomic mass is 9.77. The average Bonchev–Trinajstić information content (AvgIpc) is 3.37. The van der Waals surface area contributed by atoms with Crippen LogP contribution in [0, 0.1) is 10.8 Å². The van der Waals surface area contributed by atoms with Gasteiger partial charge in [0, 0.05) is 37.6 Å². The summed E-state index contributed by atoms with van der Waals surface area (Å²) in [6.07, 6.45) is 7.17. The second-order valence-corrected chi connectivity index (χ2v) is 9.74. The number of benzene rings is 1. The predicted molar refractivity (Wildman–Crippen MR) is 114 cm³/mol. The van der Waals surface area contributed by atoms with Crippen molar-refractivity contribution in [1.29, 1.82) is 0 Å². The third-order valence-electron chi connectivity index (χ3n) is 7.67. The molecule has 1 aliphatic heterocycles. The topological polar surface area (TPSA) is 61.8 Å². The number of ether oxygens (including phenoxy) is 1. The van der Waals surface area contributed by atoms with E-state index in [-0.39, 0.29) is 5.41 Å². The van der Waals surface area contributed by atoms with E-state index in [1.54, 1.807) is 7.11 Å². The van der Waals surface area contributed by atoms with Crippen LogP contribution in [0.2, 0.25) is 0 Å². The molecule has 2 saturated carbocycles. The summed E-state index contributed by atoms with van der Waals surface area (Å²) < 4.78 is 5.62. The number of nitrogens with one attached hydrogen (secondary N) is 1. The van der Waals surface area contributed by atoms with Crippen LogP contribution in [0.15, 0.2) is 30.3 Å². The molecule has 5 nitrogen and oxygen atoms in total. The van der Waals surface area contributed by atoms with E-state index in [1.807, 2.05) is 0 Å². The number of hydrogen-bond acceptors (Lipinski definition) is 4. The van der Waals surface area contributed by atoms with E-state index in [9.17, 15) is 9.90 Å². The van der Waals surface area contributed by atoms with Gasteiger partial charge in [-0.25, -0.2) is 0 Å². The van der Waals surface area contributed by atoms with Gasteiger partial charge in [-0.2, -0.15) is 0 Å². The summed E-state index contributed by atoms with van der Waals surface area (Å²) in [7, 11) is 1.80. The van der Waals surface area contributed by atoms with Crippen LogP contribution < -0.4 is 5.32 Å². The minimum Gasteiger partial charge on any atom is -0.481 e. The van der Waals surface area contributed by atoms with Crippen molar-refractivity contribution in [2.75, 3.05) is 39.9 Å². The number of nitrogens with zero attached hydrogens (tertiary/aromatic N) is 1. The quantitative estimate of drug-likeness (QED) is 0.664. The Kier molecular flexibility index (Phi) is 6.28. The van der Waals surface area contributed by atoms with Gasteiger partial charge in [0.15, 0.2) is 0 Å². The predicted octanol–water partition coefficient (Wildman–Crippen LogP) is 3.51. The van der Waals surface area contributed by atoms with Crippen LogP contribution in [0.25, 0.3) is 0 Å². The van der Waals surface area contributed by atoms with Crippen LogP contribution in [-0.4, -0.2) is 61.9 Å². The Morgan fingerprint density at radius 1 is 1.17 bits per heavy atom. The highest BCUT2D eigenvalue weighted by molar-refractivity contribution is 5.75. The van der Waals surface area contributed by atoms with E-state index < -0.39 is 11.4 Å². The van der Waals surface area contributed by atoms with Crippen LogP contribution >= 0.6 is 0 Å². The number of methoxy groups -OCH3 is 1. The van der Waals surface area contributed by atoms with E-state index in [4.69, 9.17) is 4.74 Å². The third-order valence-corrected chi connectivity index (χ3v) is 7.67. The highest BCUT2D eigenvalue weighted by Gasteiger charge is 2.45. The number of carboxylic acids is 1. The summed E-state index contributed by atoms with van der Waals surface area (Å²) in [4.78, 5) is 14.3. The zero-order chi connectivity index (χ0) is 20.3. The molecule has 0 bridgehead atoms. The molecule has 2 N–H and O–H groups in total. The Morgan fingerprint density at radius 2 is 1.86 bits per heavy atom. The molecule has 0 radical (unpaired) electrons. The Morgan fingerprint density at radius 3 is 2.48 bits per heavy atom. The first-order valence-corrected chi connectivity index (χ1v) is 11.3. The molecule has 1 aromatic rings. The molecule has 29 heavy (non-hydrogen) atoms. The molecular weight excluding hydrogens is 364 g/mol. The van der Waals surface area contributed by atoms with Crippen molar-refractivity contribution in [2.24, 2.45) is 10.8 Å². The van der Waals surface area contributed by atoms with E-state index in [0.717, 1.165) is 71.3 Å². The molecule has 0 amide bonds. The smallest absolute Gasteiger partial charge is 0.310 e. The Balaban J connectivity index is 1.29. The third kappa shape index (κ3) is 4.68. The molecule has 160 valence electrons. The lowest BCUT2D eigenvalue weighted by Gasteiger charge is -2.43. The minimum absolute atomic E-state index is 0.168. The zero-order valence-corrected chi connectivity index (χ0v) is 17.7. The van der Waals surface area contributed by atoms with E-state index in [2.05, 4.69) is 40.5 Å². The molecule has 3 aliphatic rings. The number of aliphatic carboxylic acids is 1. The molecule has 0 unspecified atom stereocenters. The van der Waals surface area contributed by atoms with Crippen molar-refractivity contribution < 1.29 is 14.6 Å². The van der Waals surface area contributed by atoms with Crippen molar-refractivity contribution in [3.8, 4) is 0 Å². The van der Waals surface area contributed by atoms with Crippen LogP contribution in [-0.2, 0) is 9.53 Å². The lowest BCUT2D eigenvalue weighted by molar-refractivity contribution is -0.150. The lowest BCUT2D eigenvalue weighted by Crippen LogP contribution is -2.51. The molecule has 5 heteroatoms. The molecule has 4 rings (SSSR count). The highest BCUT2D eigenvalue weighted by atomic mass is 16.5. The number of hydrogen-bond donors (Lipinski definition) is 2. The van der Waals surface area contributed by atoms with E-state index >= 15 is 0 Å². The number of carboxylic acid groups (broad SMARTS) is 1. The maximum Gasteiger partial charge on any atom is 0.310 e. The normalized spacial score (nSPS) is 28.3. The second-order valence-electron chi connectivity index (χ2n) is 9.74. The molecule has 3 fully saturated rings. The number of rotatable bonds is 9. The maximum atomic E-state index is 11.9. The second kappa shape index (κ2) is 8.75. The van der Waals surface area contributed by atoms with Gasteiger partial charge in [-0.3, -0.25) is 4.79 Å². The van der Waals surface area contributed by atoms with Gasteiger partial charge in [-0.1, -0.05) is 43.2 Å². The summed E-state index contributed by atoms with van der Waals surface area (Å²) in [5, 5.41) is 13.6. The van der Waals surface area contributed by atoms with Crippen LogP contribution in [0.5, 0.6) is 0 Å². The summed E-state index contributed by atoms with van der Waals surface area (Å²) in [6.45, 7) is 4.45. The minimum atomic E-state index is -0.592. The standard InChI is InChI=1S/C24H36N2O3/c1-29-18-23(16-25-21-15-20(21)19-7-3-2-4-8-19)11-13-26(14-12-23)17-24(22(27)28)9-5-6-10-24/h2-4,7-8,20-21,25H,5-6,9-18H2,1H3,(H,27,28)/t20-,21+/m0/s1. The molecular formula is C24H36N2O3. The Labute approximate surface area is 174 Å². The summed E-state index contributed by atoms with van der Waals surface area (Å²) in [5.41, 5.74) is 1.11. The molecule has 0 spiro atoms. The highest BCUT2D eigenvalue weighted by Crippen LogP contribution is 2.43. The van der Waals surface area contributed by atoms with Gasteiger partial charge in [0.1, 0.15) is 0 Å². The number of piperidine rings is 1. The largest absolute Gasteiger partial charge is 0.481 e. The Bertz CT molecular complexity index is 679. The summed E-state index contributed by atoms with van der Waals surface area (Å²) >= 11 is 0. The number of likely N-dealkylation sites (tertiary alicyclic amines) is 1. The first-order valence-electron chi connectivity index (χ1n) is 11.3. The van der Waals surface area contributed by atoms with E-state index in [0.29, 0.717) is 12.0 Å². The van der Waals surface area contributed by atoms with Crippen LogP contribution in [0.3, 0.4) is 0 Å². The molecule has 1 aromatic carbocycles. The van der Waals surface area contributed by atoms with Gasteiger partial charge in [0.05, 0.1) is 12.0 Å². The fourth-order valence-electron chi connectivity index (χ4n) is 5.62. The maximum absolute atomic E-state index is 11.9. The van der Waals surface area contributed by atoms with Gasteiger partial charge >= 0.3 is 5.97 Å². The van der Waals surface area contributed by atoms with Gasteiger partial charge in [0.25, 0.3) is 0 Å². The van der Waals surface area contributed by atoms with Crippen molar-refractivity contribution in [3.63, 3.8) is 0 Å². The number of carbonyl (C=O) groups is 1. The zero-order valence-electron chi connectivity index (χ0n) is 17.7. The molecule has 2 atom stereocenters. The van der Waals surface area contributed by atoms with Gasteiger partial charge in [0.2, 0.25) is 0 Å². The van der Waals surface area contributed by atoms with Crippen molar-refractivity contribution >= 4 is 5.97 Å².